The molecule has 2 fully saturated rings. The first-order chi connectivity index (χ1) is 7.36. The van der Waals surface area contributed by atoms with Crippen molar-refractivity contribution in [3.63, 3.8) is 0 Å². The zero-order valence-corrected chi connectivity index (χ0v) is 10.3. The van der Waals surface area contributed by atoms with Crippen LogP contribution in [0.4, 0.5) is 0 Å². The Kier molecular flexibility index (Phi) is 4.49. The van der Waals surface area contributed by atoms with Gasteiger partial charge in [0.25, 0.3) is 0 Å². The first-order valence-electron chi connectivity index (χ1n) is 7.12. The van der Waals surface area contributed by atoms with Gasteiger partial charge in [0.2, 0.25) is 0 Å². The van der Waals surface area contributed by atoms with Gasteiger partial charge in [-0.05, 0) is 38.5 Å². The summed E-state index contributed by atoms with van der Waals surface area (Å²) in [6.07, 6.45) is 14.6. The molecule has 2 rings (SSSR count). The SMILES string of the molecule is CC(NC1CCCCCC1)C1CCCC1. The summed E-state index contributed by atoms with van der Waals surface area (Å²) >= 11 is 0. The molecule has 0 amide bonds. The molecule has 1 atom stereocenters. The van der Waals surface area contributed by atoms with Crippen LogP contribution in [0.25, 0.3) is 0 Å². The van der Waals surface area contributed by atoms with E-state index >= 15 is 0 Å². The van der Waals surface area contributed by atoms with Crippen LogP contribution in [0.3, 0.4) is 0 Å². The van der Waals surface area contributed by atoms with E-state index in [1.165, 1.54) is 64.2 Å². The maximum absolute atomic E-state index is 3.90. The predicted octanol–water partition coefficient (Wildman–Crippen LogP) is 3.88. The summed E-state index contributed by atoms with van der Waals surface area (Å²) < 4.78 is 0. The fourth-order valence-electron chi connectivity index (χ4n) is 3.41. The minimum Gasteiger partial charge on any atom is -0.311 e. The molecule has 2 saturated carbocycles. The van der Waals surface area contributed by atoms with Crippen LogP contribution in [0.1, 0.15) is 71.1 Å². The summed E-state index contributed by atoms with van der Waals surface area (Å²) in [5.74, 6) is 0.980. The molecule has 2 aliphatic rings. The summed E-state index contributed by atoms with van der Waals surface area (Å²) in [4.78, 5) is 0. The maximum atomic E-state index is 3.90. The van der Waals surface area contributed by atoms with Gasteiger partial charge in [0.15, 0.2) is 0 Å². The van der Waals surface area contributed by atoms with Gasteiger partial charge in [0, 0.05) is 12.1 Å². The van der Waals surface area contributed by atoms with Crippen LogP contribution in [0, 0.1) is 5.92 Å². The summed E-state index contributed by atoms with van der Waals surface area (Å²) in [5.41, 5.74) is 0. The zero-order chi connectivity index (χ0) is 10.5. The monoisotopic (exact) mass is 209 g/mol. The smallest absolute Gasteiger partial charge is 0.00696 e. The molecule has 0 aliphatic heterocycles. The maximum Gasteiger partial charge on any atom is 0.00696 e. The van der Waals surface area contributed by atoms with E-state index in [-0.39, 0.29) is 0 Å². The van der Waals surface area contributed by atoms with Crippen LogP contribution in [0.5, 0.6) is 0 Å². The van der Waals surface area contributed by atoms with E-state index < -0.39 is 0 Å². The van der Waals surface area contributed by atoms with Gasteiger partial charge in [-0.2, -0.15) is 0 Å². The molecule has 1 unspecified atom stereocenters. The van der Waals surface area contributed by atoms with Gasteiger partial charge in [-0.1, -0.05) is 38.5 Å². The van der Waals surface area contributed by atoms with E-state index in [4.69, 9.17) is 0 Å². The molecule has 0 aromatic heterocycles. The van der Waals surface area contributed by atoms with Gasteiger partial charge < -0.3 is 5.32 Å². The molecule has 0 radical (unpaired) electrons. The van der Waals surface area contributed by atoms with Crippen molar-refractivity contribution in [3.05, 3.63) is 0 Å². The Morgan fingerprint density at radius 2 is 1.33 bits per heavy atom. The van der Waals surface area contributed by atoms with E-state index in [9.17, 15) is 0 Å². The molecule has 15 heavy (non-hydrogen) atoms. The lowest BCUT2D eigenvalue weighted by atomic mass is 9.97. The largest absolute Gasteiger partial charge is 0.311 e. The first-order valence-corrected chi connectivity index (χ1v) is 7.12. The Bertz CT molecular complexity index is 164. The molecule has 0 aromatic rings. The highest BCUT2D eigenvalue weighted by atomic mass is 14.9. The Labute approximate surface area is 95.0 Å². The van der Waals surface area contributed by atoms with Crippen molar-refractivity contribution in [1.82, 2.24) is 5.32 Å². The third-order valence-electron chi connectivity index (χ3n) is 4.46. The number of hydrogen-bond donors (Lipinski definition) is 1. The van der Waals surface area contributed by atoms with Crippen molar-refractivity contribution in [2.75, 3.05) is 0 Å². The van der Waals surface area contributed by atoms with Crippen molar-refractivity contribution in [1.29, 1.82) is 0 Å². The van der Waals surface area contributed by atoms with Crippen molar-refractivity contribution in [2.45, 2.75) is 83.2 Å². The van der Waals surface area contributed by atoms with E-state index in [0.29, 0.717) is 0 Å². The highest BCUT2D eigenvalue weighted by Gasteiger charge is 2.23. The van der Waals surface area contributed by atoms with Crippen LogP contribution >= 0.6 is 0 Å². The third kappa shape index (κ3) is 3.48. The standard InChI is InChI=1S/C14H27N/c1-12(13-8-6-7-9-13)15-14-10-4-2-3-5-11-14/h12-15H,2-11H2,1H3. The van der Waals surface area contributed by atoms with Gasteiger partial charge in [0.1, 0.15) is 0 Å². The first kappa shape index (κ1) is 11.4. The number of nitrogens with one attached hydrogen (secondary N) is 1. The lowest BCUT2D eigenvalue weighted by molar-refractivity contribution is 0.324. The van der Waals surface area contributed by atoms with Crippen LogP contribution < -0.4 is 5.32 Å². The van der Waals surface area contributed by atoms with E-state index in [2.05, 4.69) is 12.2 Å². The Hall–Kier alpha value is -0.0400. The highest BCUT2D eigenvalue weighted by Crippen LogP contribution is 2.28. The fourth-order valence-corrected chi connectivity index (χ4v) is 3.41. The Morgan fingerprint density at radius 3 is 1.93 bits per heavy atom. The third-order valence-corrected chi connectivity index (χ3v) is 4.46. The average molecular weight is 209 g/mol. The van der Waals surface area contributed by atoms with E-state index in [0.717, 1.165) is 18.0 Å². The molecular weight excluding hydrogens is 182 g/mol. The number of hydrogen-bond acceptors (Lipinski definition) is 1. The topological polar surface area (TPSA) is 12.0 Å². The second kappa shape index (κ2) is 5.89. The van der Waals surface area contributed by atoms with E-state index in [1.54, 1.807) is 0 Å². The highest BCUT2D eigenvalue weighted by molar-refractivity contribution is 4.81. The van der Waals surface area contributed by atoms with Crippen LogP contribution in [0.15, 0.2) is 0 Å². The second-order valence-electron chi connectivity index (χ2n) is 5.69. The van der Waals surface area contributed by atoms with Gasteiger partial charge in [-0.15, -0.1) is 0 Å². The minimum atomic E-state index is 0.774. The molecule has 0 aromatic carbocycles. The molecule has 0 spiro atoms. The minimum absolute atomic E-state index is 0.774. The van der Waals surface area contributed by atoms with Crippen LogP contribution in [-0.4, -0.2) is 12.1 Å². The molecule has 1 N–H and O–H groups in total. The summed E-state index contributed by atoms with van der Waals surface area (Å²) in [7, 11) is 0. The Balaban J connectivity index is 1.73. The molecule has 1 nitrogen and oxygen atoms in total. The fraction of sp³-hybridized carbons (Fsp3) is 1.00. The van der Waals surface area contributed by atoms with E-state index in [1.807, 2.05) is 0 Å². The van der Waals surface area contributed by atoms with Crippen LogP contribution in [-0.2, 0) is 0 Å². The lowest BCUT2D eigenvalue weighted by Gasteiger charge is -2.26. The second-order valence-corrected chi connectivity index (χ2v) is 5.69. The van der Waals surface area contributed by atoms with Gasteiger partial charge in [0.05, 0.1) is 0 Å². The summed E-state index contributed by atoms with van der Waals surface area (Å²) in [6.45, 7) is 2.42. The quantitative estimate of drug-likeness (QED) is 0.696. The van der Waals surface area contributed by atoms with Gasteiger partial charge in [-0.25, -0.2) is 0 Å². The van der Waals surface area contributed by atoms with Crippen molar-refractivity contribution in [3.8, 4) is 0 Å². The molecule has 88 valence electrons. The molecule has 0 bridgehead atoms. The molecule has 2 aliphatic carbocycles. The van der Waals surface area contributed by atoms with Crippen LogP contribution in [0.2, 0.25) is 0 Å². The summed E-state index contributed by atoms with van der Waals surface area (Å²) in [5, 5.41) is 3.90. The molecule has 1 heteroatoms. The number of rotatable bonds is 3. The predicted molar refractivity (Wildman–Crippen MR) is 66.0 cm³/mol. The summed E-state index contributed by atoms with van der Waals surface area (Å²) in [6, 6.07) is 1.61. The average Bonchev–Trinajstić information content (AvgIpc) is 2.65. The normalized spacial score (nSPS) is 27.8. The van der Waals surface area contributed by atoms with Crippen molar-refractivity contribution in [2.24, 2.45) is 5.92 Å². The molecule has 0 saturated heterocycles. The van der Waals surface area contributed by atoms with Gasteiger partial charge in [-0.3, -0.25) is 0 Å². The van der Waals surface area contributed by atoms with Crippen molar-refractivity contribution < 1.29 is 0 Å². The van der Waals surface area contributed by atoms with Crippen molar-refractivity contribution >= 4 is 0 Å². The molecular formula is C14H27N. The Morgan fingerprint density at radius 1 is 0.800 bits per heavy atom. The van der Waals surface area contributed by atoms with Gasteiger partial charge >= 0.3 is 0 Å². The zero-order valence-electron chi connectivity index (χ0n) is 10.3. The molecule has 0 heterocycles. The lowest BCUT2D eigenvalue weighted by Crippen LogP contribution is -2.40.